The van der Waals surface area contributed by atoms with Gasteiger partial charge in [0, 0.05) is 11.3 Å². The van der Waals surface area contributed by atoms with Crippen molar-refractivity contribution in [2.24, 2.45) is 0 Å². The first-order valence-corrected chi connectivity index (χ1v) is 9.60. The number of rotatable bonds is 6. The van der Waals surface area contributed by atoms with Crippen molar-refractivity contribution in [1.82, 2.24) is 4.98 Å². The van der Waals surface area contributed by atoms with Gasteiger partial charge in [0.25, 0.3) is 5.91 Å². The third-order valence-electron chi connectivity index (χ3n) is 4.67. The summed E-state index contributed by atoms with van der Waals surface area (Å²) >= 11 is 0. The molecule has 1 heterocycles. The lowest BCUT2D eigenvalue weighted by Gasteiger charge is -2.08. The molecule has 146 valence electrons. The molecule has 0 saturated carbocycles. The third kappa shape index (κ3) is 4.46. The number of anilines is 1. The number of ether oxygens (including phenoxy) is 1. The van der Waals surface area contributed by atoms with E-state index >= 15 is 0 Å². The van der Waals surface area contributed by atoms with Crippen LogP contribution in [0.5, 0.6) is 5.75 Å². The van der Waals surface area contributed by atoms with Gasteiger partial charge in [0.2, 0.25) is 5.89 Å². The van der Waals surface area contributed by atoms with Crippen LogP contribution in [0.15, 0.2) is 71.1 Å². The van der Waals surface area contributed by atoms with Crippen LogP contribution in [0.1, 0.15) is 18.1 Å². The van der Waals surface area contributed by atoms with Gasteiger partial charge in [0.1, 0.15) is 11.3 Å². The standard InChI is InChI=1S/C24H22N2O3/c1-3-17-6-13-22-21(14-17)26-24(29-22)18-7-9-19(10-8-18)25-23(27)15-28-20-11-4-16(2)5-12-20/h4-14H,3,15H2,1-2H3,(H,25,27). The van der Waals surface area contributed by atoms with E-state index in [1.165, 1.54) is 5.56 Å². The fraction of sp³-hybridized carbons (Fsp3) is 0.167. The average Bonchev–Trinajstić information content (AvgIpc) is 3.17. The van der Waals surface area contributed by atoms with E-state index in [9.17, 15) is 4.79 Å². The Morgan fingerprint density at radius 2 is 1.79 bits per heavy atom. The molecule has 5 nitrogen and oxygen atoms in total. The van der Waals surface area contributed by atoms with Gasteiger partial charge in [-0.25, -0.2) is 4.98 Å². The van der Waals surface area contributed by atoms with Gasteiger partial charge in [-0.2, -0.15) is 0 Å². The Hall–Kier alpha value is -3.60. The lowest BCUT2D eigenvalue weighted by molar-refractivity contribution is -0.118. The second kappa shape index (κ2) is 8.19. The number of nitrogens with zero attached hydrogens (tertiary/aromatic N) is 1. The maximum atomic E-state index is 12.1. The number of oxazole rings is 1. The molecule has 1 amide bonds. The number of aryl methyl sites for hydroxylation is 2. The SMILES string of the molecule is CCc1ccc2oc(-c3ccc(NC(=O)COc4ccc(C)cc4)cc3)nc2c1. The summed E-state index contributed by atoms with van der Waals surface area (Å²) in [5.41, 5.74) is 5.53. The maximum Gasteiger partial charge on any atom is 0.262 e. The van der Waals surface area contributed by atoms with Crippen LogP contribution in [0.2, 0.25) is 0 Å². The highest BCUT2D eigenvalue weighted by Gasteiger charge is 2.10. The fourth-order valence-electron chi connectivity index (χ4n) is 2.99. The predicted octanol–water partition coefficient (Wildman–Crippen LogP) is 5.38. The zero-order valence-electron chi connectivity index (χ0n) is 16.4. The minimum absolute atomic E-state index is 0.0459. The van der Waals surface area contributed by atoms with Gasteiger partial charge in [-0.15, -0.1) is 0 Å². The summed E-state index contributed by atoms with van der Waals surface area (Å²) in [6.07, 6.45) is 0.958. The van der Waals surface area contributed by atoms with Crippen molar-refractivity contribution in [2.75, 3.05) is 11.9 Å². The fourth-order valence-corrected chi connectivity index (χ4v) is 2.99. The molecule has 1 N–H and O–H groups in total. The Morgan fingerprint density at radius 3 is 2.52 bits per heavy atom. The Kier molecular flexibility index (Phi) is 5.29. The molecule has 0 unspecified atom stereocenters. The summed E-state index contributed by atoms with van der Waals surface area (Å²) in [6.45, 7) is 4.07. The summed E-state index contributed by atoms with van der Waals surface area (Å²) in [4.78, 5) is 16.7. The van der Waals surface area contributed by atoms with Crippen molar-refractivity contribution in [3.8, 4) is 17.2 Å². The van der Waals surface area contributed by atoms with E-state index in [1.54, 1.807) is 0 Å². The van der Waals surface area contributed by atoms with E-state index in [0.29, 0.717) is 17.3 Å². The van der Waals surface area contributed by atoms with E-state index in [1.807, 2.05) is 67.6 Å². The molecule has 0 radical (unpaired) electrons. The Balaban J connectivity index is 1.39. The predicted molar refractivity (Wildman–Crippen MR) is 114 cm³/mol. The Labute approximate surface area is 169 Å². The monoisotopic (exact) mass is 386 g/mol. The number of amides is 1. The van der Waals surface area contributed by atoms with Crippen LogP contribution in [0, 0.1) is 6.92 Å². The van der Waals surface area contributed by atoms with Crippen LogP contribution in [-0.2, 0) is 11.2 Å². The van der Waals surface area contributed by atoms with Crippen molar-refractivity contribution < 1.29 is 13.9 Å². The number of carbonyl (C=O) groups is 1. The normalized spacial score (nSPS) is 10.8. The summed E-state index contributed by atoms with van der Waals surface area (Å²) in [6, 6.07) is 21.0. The molecule has 0 fully saturated rings. The van der Waals surface area contributed by atoms with Gasteiger partial charge >= 0.3 is 0 Å². The van der Waals surface area contributed by atoms with Gasteiger partial charge in [-0.05, 0) is 67.4 Å². The van der Waals surface area contributed by atoms with E-state index in [0.717, 1.165) is 28.6 Å². The Morgan fingerprint density at radius 1 is 1.03 bits per heavy atom. The highest BCUT2D eigenvalue weighted by atomic mass is 16.5. The first kappa shape index (κ1) is 18.7. The lowest BCUT2D eigenvalue weighted by Crippen LogP contribution is -2.20. The minimum atomic E-state index is -0.215. The topological polar surface area (TPSA) is 64.4 Å². The van der Waals surface area contributed by atoms with Crippen molar-refractivity contribution in [3.05, 3.63) is 77.9 Å². The molecular formula is C24H22N2O3. The van der Waals surface area contributed by atoms with Crippen LogP contribution in [0.3, 0.4) is 0 Å². The molecule has 4 rings (SSSR count). The molecule has 0 spiro atoms. The lowest BCUT2D eigenvalue weighted by atomic mass is 10.1. The summed E-state index contributed by atoms with van der Waals surface area (Å²) in [7, 11) is 0. The zero-order chi connectivity index (χ0) is 20.2. The molecule has 29 heavy (non-hydrogen) atoms. The molecule has 0 aliphatic rings. The van der Waals surface area contributed by atoms with Crippen molar-refractivity contribution in [2.45, 2.75) is 20.3 Å². The van der Waals surface area contributed by atoms with Crippen LogP contribution >= 0.6 is 0 Å². The molecule has 0 saturated heterocycles. The van der Waals surface area contributed by atoms with Gasteiger partial charge in [0.05, 0.1) is 0 Å². The molecule has 0 aliphatic heterocycles. The van der Waals surface area contributed by atoms with E-state index in [4.69, 9.17) is 9.15 Å². The van der Waals surface area contributed by atoms with E-state index in [-0.39, 0.29) is 12.5 Å². The molecular weight excluding hydrogens is 364 g/mol. The smallest absolute Gasteiger partial charge is 0.262 e. The Bertz CT molecular complexity index is 1130. The molecule has 5 heteroatoms. The number of hydrogen-bond donors (Lipinski definition) is 1. The first-order valence-electron chi connectivity index (χ1n) is 9.60. The second-order valence-corrected chi connectivity index (χ2v) is 6.90. The summed E-state index contributed by atoms with van der Waals surface area (Å²) in [5, 5.41) is 2.83. The highest BCUT2D eigenvalue weighted by molar-refractivity contribution is 5.92. The van der Waals surface area contributed by atoms with Crippen LogP contribution in [0.25, 0.3) is 22.6 Å². The molecule has 0 aliphatic carbocycles. The third-order valence-corrected chi connectivity index (χ3v) is 4.67. The van der Waals surface area contributed by atoms with Gasteiger partial charge < -0.3 is 14.5 Å². The van der Waals surface area contributed by atoms with Crippen molar-refractivity contribution in [1.29, 1.82) is 0 Å². The quantitative estimate of drug-likeness (QED) is 0.483. The number of benzene rings is 3. The van der Waals surface area contributed by atoms with Crippen molar-refractivity contribution >= 4 is 22.7 Å². The van der Waals surface area contributed by atoms with E-state index < -0.39 is 0 Å². The number of nitrogens with one attached hydrogen (secondary N) is 1. The average molecular weight is 386 g/mol. The zero-order valence-corrected chi connectivity index (χ0v) is 16.4. The van der Waals surface area contributed by atoms with Gasteiger partial charge in [-0.1, -0.05) is 30.7 Å². The number of aromatic nitrogens is 1. The summed E-state index contributed by atoms with van der Waals surface area (Å²) in [5.74, 6) is 1.02. The number of carbonyl (C=O) groups excluding carboxylic acids is 1. The van der Waals surface area contributed by atoms with Crippen LogP contribution < -0.4 is 10.1 Å². The highest BCUT2D eigenvalue weighted by Crippen LogP contribution is 2.26. The first-order chi connectivity index (χ1) is 14.1. The maximum absolute atomic E-state index is 12.1. The molecule has 1 aromatic heterocycles. The molecule has 0 atom stereocenters. The number of hydrogen-bond acceptors (Lipinski definition) is 4. The summed E-state index contributed by atoms with van der Waals surface area (Å²) < 4.78 is 11.4. The van der Waals surface area contributed by atoms with E-state index in [2.05, 4.69) is 23.3 Å². The molecule has 3 aromatic carbocycles. The minimum Gasteiger partial charge on any atom is -0.484 e. The number of fused-ring (bicyclic) bond motifs is 1. The molecule has 4 aromatic rings. The van der Waals surface area contributed by atoms with Gasteiger partial charge in [0.15, 0.2) is 12.2 Å². The van der Waals surface area contributed by atoms with Gasteiger partial charge in [-0.3, -0.25) is 4.79 Å². The van der Waals surface area contributed by atoms with Crippen molar-refractivity contribution in [3.63, 3.8) is 0 Å². The van der Waals surface area contributed by atoms with Crippen LogP contribution in [-0.4, -0.2) is 17.5 Å². The second-order valence-electron chi connectivity index (χ2n) is 6.90. The van der Waals surface area contributed by atoms with Crippen LogP contribution in [0.4, 0.5) is 5.69 Å². The largest absolute Gasteiger partial charge is 0.484 e. The molecule has 0 bridgehead atoms.